The van der Waals surface area contributed by atoms with Gasteiger partial charge in [0, 0.05) is 13.1 Å². The number of nitrogens with two attached hydrogens (primary N) is 1. The van der Waals surface area contributed by atoms with Gasteiger partial charge in [-0.1, -0.05) is 6.92 Å². The van der Waals surface area contributed by atoms with Crippen LogP contribution >= 0.6 is 0 Å². The fourth-order valence-corrected chi connectivity index (χ4v) is 1.08. The maximum Gasteiger partial charge on any atom is 0.306 e. The summed E-state index contributed by atoms with van der Waals surface area (Å²) in [5.74, 6) is 0.315. The highest BCUT2D eigenvalue weighted by Gasteiger charge is 2.06. The van der Waals surface area contributed by atoms with E-state index in [2.05, 4.69) is 16.6 Å². The molecule has 0 aromatic rings. The summed E-state index contributed by atoms with van der Waals surface area (Å²) in [4.78, 5) is 12.9. The number of nitrogens with zero attached hydrogens (tertiary/aromatic N) is 1. The van der Waals surface area contributed by atoms with E-state index in [9.17, 15) is 4.79 Å². The number of esters is 1. The van der Waals surface area contributed by atoms with Gasteiger partial charge in [0.2, 0.25) is 0 Å². The summed E-state index contributed by atoms with van der Waals surface area (Å²) in [5, 5.41) is 0. The predicted octanol–water partition coefficient (Wildman–Crippen LogP) is 0.0761. The third-order valence-corrected chi connectivity index (χ3v) is 1.95. The zero-order chi connectivity index (χ0) is 10.3. The predicted molar refractivity (Wildman–Crippen MR) is 52.3 cm³/mol. The Morgan fingerprint density at radius 3 is 2.69 bits per heavy atom. The highest BCUT2D eigenvalue weighted by Crippen LogP contribution is 1.96. The van der Waals surface area contributed by atoms with Crippen molar-refractivity contribution in [1.82, 2.24) is 4.90 Å². The van der Waals surface area contributed by atoms with Gasteiger partial charge in [-0.05, 0) is 19.5 Å². The molecule has 0 spiro atoms. The number of carbonyl (C=O) groups excluding carboxylic acids is 1. The monoisotopic (exact) mass is 188 g/mol. The summed E-state index contributed by atoms with van der Waals surface area (Å²) in [6.07, 6.45) is 0.449. The van der Waals surface area contributed by atoms with E-state index in [1.165, 1.54) is 7.11 Å². The molecule has 1 unspecified atom stereocenters. The van der Waals surface area contributed by atoms with E-state index < -0.39 is 0 Å². The molecular formula is C9H20N2O2. The van der Waals surface area contributed by atoms with Crippen LogP contribution in [0, 0.1) is 5.92 Å². The number of methoxy groups -OCH3 is 1. The van der Waals surface area contributed by atoms with Crippen molar-refractivity contribution in [3.63, 3.8) is 0 Å². The fraction of sp³-hybridized carbons (Fsp3) is 0.889. The Hall–Kier alpha value is -0.610. The van der Waals surface area contributed by atoms with E-state index in [1.54, 1.807) is 0 Å². The van der Waals surface area contributed by atoms with Crippen molar-refractivity contribution in [3.8, 4) is 0 Å². The molecule has 0 aliphatic carbocycles. The third-order valence-electron chi connectivity index (χ3n) is 1.95. The summed E-state index contributed by atoms with van der Waals surface area (Å²) in [5.41, 5.74) is 5.48. The molecule has 0 bridgehead atoms. The van der Waals surface area contributed by atoms with Crippen LogP contribution in [0.1, 0.15) is 13.3 Å². The zero-order valence-corrected chi connectivity index (χ0v) is 8.75. The summed E-state index contributed by atoms with van der Waals surface area (Å²) < 4.78 is 4.54. The highest BCUT2D eigenvalue weighted by atomic mass is 16.5. The number of hydrogen-bond donors (Lipinski definition) is 1. The van der Waals surface area contributed by atoms with E-state index in [4.69, 9.17) is 5.73 Å². The largest absolute Gasteiger partial charge is 0.469 e. The summed E-state index contributed by atoms with van der Waals surface area (Å²) in [6, 6.07) is 0. The number of hydrogen-bond acceptors (Lipinski definition) is 4. The van der Waals surface area contributed by atoms with Crippen LogP contribution in [-0.2, 0) is 9.53 Å². The van der Waals surface area contributed by atoms with Crippen LogP contribution in [0.4, 0.5) is 0 Å². The standard InChI is InChI=1S/C9H20N2O2/c1-8(6-10)7-11(2)5-4-9(12)13-3/h8H,4-7,10H2,1-3H3. The normalized spacial score (nSPS) is 13.0. The lowest BCUT2D eigenvalue weighted by Gasteiger charge is -2.19. The van der Waals surface area contributed by atoms with Gasteiger partial charge in [0.15, 0.2) is 0 Å². The van der Waals surface area contributed by atoms with E-state index in [-0.39, 0.29) is 5.97 Å². The lowest BCUT2D eigenvalue weighted by Crippen LogP contribution is -2.30. The molecule has 0 saturated heterocycles. The van der Waals surface area contributed by atoms with Gasteiger partial charge < -0.3 is 15.4 Å². The molecule has 4 heteroatoms. The first-order valence-electron chi connectivity index (χ1n) is 4.55. The number of rotatable bonds is 6. The highest BCUT2D eigenvalue weighted by molar-refractivity contribution is 5.69. The maximum absolute atomic E-state index is 10.8. The molecule has 0 heterocycles. The summed E-state index contributed by atoms with van der Waals surface area (Å²) in [7, 11) is 3.39. The molecule has 13 heavy (non-hydrogen) atoms. The molecule has 0 fully saturated rings. The maximum atomic E-state index is 10.8. The topological polar surface area (TPSA) is 55.6 Å². The molecular weight excluding hydrogens is 168 g/mol. The molecule has 0 aliphatic rings. The Bertz CT molecular complexity index is 151. The molecule has 4 nitrogen and oxygen atoms in total. The molecule has 0 rings (SSSR count). The molecule has 0 aromatic carbocycles. The third kappa shape index (κ3) is 6.54. The second-order valence-corrected chi connectivity index (χ2v) is 3.43. The van der Waals surface area contributed by atoms with Gasteiger partial charge >= 0.3 is 5.97 Å². The van der Waals surface area contributed by atoms with Crippen LogP contribution in [0.15, 0.2) is 0 Å². The van der Waals surface area contributed by atoms with Crippen molar-refractivity contribution < 1.29 is 9.53 Å². The zero-order valence-electron chi connectivity index (χ0n) is 8.75. The summed E-state index contributed by atoms with van der Waals surface area (Å²) >= 11 is 0. The van der Waals surface area contributed by atoms with E-state index in [1.807, 2.05) is 7.05 Å². The van der Waals surface area contributed by atoms with Gasteiger partial charge in [-0.3, -0.25) is 4.79 Å². The van der Waals surface area contributed by atoms with Gasteiger partial charge in [0.1, 0.15) is 0 Å². The van der Waals surface area contributed by atoms with Crippen molar-refractivity contribution in [3.05, 3.63) is 0 Å². The fourth-order valence-electron chi connectivity index (χ4n) is 1.08. The molecule has 2 N–H and O–H groups in total. The van der Waals surface area contributed by atoms with Gasteiger partial charge in [-0.2, -0.15) is 0 Å². The van der Waals surface area contributed by atoms with E-state index in [0.717, 1.165) is 13.1 Å². The van der Waals surface area contributed by atoms with E-state index in [0.29, 0.717) is 18.9 Å². The summed E-state index contributed by atoms with van der Waals surface area (Å²) in [6.45, 7) is 4.43. The van der Waals surface area contributed by atoms with Crippen LogP contribution < -0.4 is 5.73 Å². The minimum atomic E-state index is -0.160. The second-order valence-electron chi connectivity index (χ2n) is 3.43. The SMILES string of the molecule is COC(=O)CCN(C)CC(C)CN. The Morgan fingerprint density at radius 1 is 1.62 bits per heavy atom. The first-order chi connectivity index (χ1) is 6.10. The average Bonchev–Trinajstić information content (AvgIpc) is 2.13. The van der Waals surface area contributed by atoms with Crippen LogP contribution in [-0.4, -0.2) is 44.7 Å². The Morgan fingerprint density at radius 2 is 2.23 bits per heavy atom. The first kappa shape index (κ1) is 12.4. The van der Waals surface area contributed by atoms with Gasteiger partial charge in [-0.15, -0.1) is 0 Å². The van der Waals surface area contributed by atoms with Crippen molar-refractivity contribution in [2.24, 2.45) is 11.7 Å². The van der Waals surface area contributed by atoms with Crippen LogP contribution in [0.25, 0.3) is 0 Å². The Balaban J connectivity index is 3.50. The van der Waals surface area contributed by atoms with Crippen molar-refractivity contribution >= 4 is 5.97 Å². The number of ether oxygens (including phenoxy) is 1. The van der Waals surface area contributed by atoms with Gasteiger partial charge in [-0.25, -0.2) is 0 Å². The van der Waals surface area contributed by atoms with Gasteiger partial charge in [0.05, 0.1) is 13.5 Å². The molecule has 0 aliphatic heterocycles. The Kier molecular flexibility index (Phi) is 6.54. The molecule has 78 valence electrons. The van der Waals surface area contributed by atoms with Gasteiger partial charge in [0.25, 0.3) is 0 Å². The number of carbonyl (C=O) groups is 1. The lowest BCUT2D eigenvalue weighted by molar-refractivity contribution is -0.140. The molecule has 1 atom stereocenters. The molecule has 0 saturated carbocycles. The Labute approximate surface area is 80.0 Å². The molecule has 0 amide bonds. The van der Waals surface area contributed by atoms with Crippen LogP contribution in [0.3, 0.4) is 0 Å². The molecule has 0 radical (unpaired) electrons. The molecule has 0 aromatic heterocycles. The second kappa shape index (κ2) is 6.86. The van der Waals surface area contributed by atoms with Crippen LogP contribution in [0.2, 0.25) is 0 Å². The average molecular weight is 188 g/mol. The van der Waals surface area contributed by atoms with Crippen LogP contribution in [0.5, 0.6) is 0 Å². The van der Waals surface area contributed by atoms with E-state index >= 15 is 0 Å². The minimum Gasteiger partial charge on any atom is -0.469 e. The quantitative estimate of drug-likeness (QED) is 0.600. The smallest absolute Gasteiger partial charge is 0.306 e. The van der Waals surface area contributed by atoms with Crippen molar-refractivity contribution in [1.29, 1.82) is 0 Å². The van der Waals surface area contributed by atoms with Crippen molar-refractivity contribution in [2.45, 2.75) is 13.3 Å². The minimum absolute atomic E-state index is 0.160. The first-order valence-corrected chi connectivity index (χ1v) is 4.55. The van der Waals surface area contributed by atoms with Crippen molar-refractivity contribution in [2.75, 3.05) is 33.8 Å². The lowest BCUT2D eigenvalue weighted by atomic mass is 10.2.